The van der Waals surface area contributed by atoms with E-state index in [9.17, 15) is 0 Å². The normalized spacial score (nSPS) is 13.6. The molecule has 0 fully saturated rings. The molecule has 2 heterocycles. The maximum absolute atomic E-state index is 6.29. The Morgan fingerprint density at radius 1 is 0.870 bits per heavy atom. The number of nitrogens with zero attached hydrogens (tertiary/aromatic N) is 4. The van der Waals surface area contributed by atoms with Crippen LogP contribution in [0.1, 0.15) is 5.56 Å². The van der Waals surface area contributed by atoms with Crippen LogP contribution in [0.25, 0.3) is 11.4 Å². The fourth-order valence-electron chi connectivity index (χ4n) is 2.37. The first-order valence-corrected chi connectivity index (χ1v) is 8.64. The van der Waals surface area contributed by atoms with Gasteiger partial charge in [0.15, 0.2) is 5.82 Å². The van der Waals surface area contributed by atoms with Crippen molar-refractivity contribution in [2.45, 2.75) is 5.16 Å². The van der Waals surface area contributed by atoms with Crippen molar-refractivity contribution in [1.29, 1.82) is 0 Å². The monoisotopic (exact) mass is 360 g/mol. The second-order valence-corrected chi connectivity index (χ2v) is 6.67. The summed E-state index contributed by atoms with van der Waals surface area (Å²) in [5.74, 6) is 1.33. The fraction of sp³-hybridized carbons (Fsp3) is 0.0625. The Hall–Kier alpha value is -1.82. The lowest BCUT2D eigenvalue weighted by Gasteiger charge is -2.15. The lowest BCUT2D eigenvalue weighted by atomic mass is 10.1. The number of halogens is 2. The summed E-state index contributed by atoms with van der Waals surface area (Å²) >= 11 is 14.1. The lowest BCUT2D eigenvalue weighted by Crippen LogP contribution is -2.14. The zero-order valence-corrected chi connectivity index (χ0v) is 14.1. The van der Waals surface area contributed by atoms with E-state index < -0.39 is 0 Å². The van der Waals surface area contributed by atoms with Crippen molar-refractivity contribution in [2.75, 3.05) is 5.75 Å². The van der Waals surface area contributed by atoms with Gasteiger partial charge in [0.1, 0.15) is 0 Å². The standard InChI is InChI=1S/C16H10Cl2N4S/c17-12-7-3-1-5-10(12)14-9-23-16-20-19-15(22(16)21-14)11-6-2-4-8-13(11)18/h1-8H,9H2. The molecule has 0 amide bonds. The van der Waals surface area contributed by atoms with Crippen LogP contribution >= 0.6 is 35.0 Å². The van der Waals surface area contributed by atoms with Gasteiger partial charge in [-0.15, -0.1) is 10.2 Å². The summed E-state index contributed by atoms with van der Waals surface area (Å²) < 4.78 is 1.73. The van der Waals surface area contributed by atoms with Crippen LogP contribution in [0.2, 0.25) is 10.0 Å². The zero-order chi connectivity index (χ0) is 15.8. The van der Waals surface area contributed by atoms with Crippen LogP contribution < -0.4 is 0 Å². The van der Waals surface area contributed by atoms with Crippen LogP contribution in [-0.2, 0) is 0 Å². The van der Waals surface area contributed by atoms with E-state index in [1.165, 1.54) is 0 Å². The molecule has 0 N–H and O–H groups in total. The van der Waals surface area contributed by atoms with Crippen molar-refractivity contribution in [2.24, 2.45) is 5.10 Å². The molecule has 3 aromatic rings. The number of hydrogen-bond donors (Lipinski definition) is 0. The highest BCUT2D eigenvalue weighted by molar-refractivity contribution is 7.99. The zero-order valence-electron chi connectivity index (χ0n) is 11.8. The number of hydrogen-bond acceptors (Lipinski definition) is 4. The topological polar surface area (TPSA) is 43.1 Å². The minimum Gasteiger partial charge on any atom is -0.186 e. The summed E-state index contributed by atoms with van der Waals surface area (Å²) in [7, 11) is 0. The third kappa shape index (κ3) is 2.65. The van der Waals surface area contributed by atoms with Crippen molar-refractivity contribution in [3.63, 3.8) is 0 Å². The molecule has 4 nitrogen and oxygen atoms in total. The van der Waals surface area contributed by atoms with Crippen LogP contribution in [-0.4, -0.2) is 26.3 Å². The molecule has 0 spiro atoms. The van der Waals surface area contributed by atoms with Gasteiger partial charge in [-0.2, -0.15) is 9.78 Å². The average Bonchev–Trinajstić information content (AvgIpc) is 2.99. The van der Waals surface area contributed by atoms with Crippen molar-refractivity contribution in [1.82, 2.24) is 14.9 Å². The van der Waals surface area contributed by atoms with Gasteiger partial charge in [0, 0.05) is 21.9 Å². The van der Waals surface area contributed by atoms with E-state index in [1.807, 2.05) is 48.5 Å². The molecule has 0 saturated heterocycles. The molecule has 0 atom stereocenters. The van der Waals surface area contributed by atoms with Gasteiger partial charge in [-0.25, -0.2) is 0 Å². The first kappa shape index (κ1) is 14.8. The second-order valence-electron chi connectivity index (χ2n) is 4.91. The molecule has 114 valence electrons. The Labute approximate surface area is 147 Å². The molecule has 0 aliphatic carbocycles. The smallest absolute Gasteiger partial charge is 0.186 e. The van der Waals surface area contributed by atoms with E-state index in [-0.39, 0.29) is 0 Å². The van der Waals surface area contributed by atoms with Gasteiger partial charge in [0.2, 0.25) is 5.16 Å². The molecule has 4 rings (SSSR count). The van der Waals surface area contributed by atoms with Gasteiger partial charge in [-0.1, -0.05) is 65.3 Å². The number of rotatable bonds is 2. The summed E-state index contributed by atoms with van der Waals surface area (Å²) in [6, 6.07) is 15.2. The molecule has 23 heavy (non-hydrogen) atoms. The van der Waals surface area contributed by atoms with Gasteiger partial charge in [0.05, 0.1) is 10.7 Å². The number of thioether (sulfide) groups is 1. The molecule has 0 saturated carbocycles. The highest BCUT2D eigenvalue weighted by atomic mass is 35.5. The molecule has 0 unspecified atom stereocenters. The highest BCUT2D eigenvalue weighted by Crippen LogP contribution is 2.32. The van der Waals surface area contributed by atoms with Crippen molar-refractivity contribution >= 4 is 40.7 Å². The van der Waals surface area contributed by atoms with E-state index >= 15 is 0 Å². The van der Waals surface area contributed by atoms with Gasteiger partial charge in [0.25, 0.3) is 0 Å². The highest BCUT2D eigenvalue weighted by Gasteiger charge is 2.22. The number of aromatic nitrogens is 3. The Balaban J connectivity index is 1.85. The number of benzene rings is 2. The molecule has 0 bridgehead atoms. The van der Waals surface area contributed by atoms with Crippen LogP contribution in [0, 0.1) is 0 Å². The van der Waals surface area contributed by atoms with Crippen molar-refractivity contribution in [3.8, 4) is 11.4 Å². The predicted molar refractivity (Wildman–Crippen MR) is 94.6 cm³/mol. The largest absolute Gasteiger partial charge is 0.212 e. The van der Waals surface area contributed by atoms with E-state index in [1.54, 1.807) is 16.4 Å². The molecule has 7 heteroatoms. The molecule has 1 aliphatic rings. The van der Waals surface area contributed by atoms with Crippen LogP contribution in [0.15, 0.2) is 58.8 Å². The van der Waals surface area contributed by atoms with Gasteiger partial charge >= 0.3 is 0 Å². The van der Waals surface area contributed by atoms with Gasteiger partial charge in [-0.05, 0) is 18.2 Å². The fourth-order valence-corrected chi connectivity index (χ4v) is 3.66. The van der Waals surface area contributed by atoms with Crippen molar-refractivity contribution < 1.29 is 0 Å². The molecular formula is C16H10Cl2N4S. The van der Waals surface area contributed by atoms with Crippen LogP contribution in [0.3, 0.4) is 0 Å². The Kier molecular flexibility index (Phi) is 3.85. The molecule has 1 aliphatic heterocycles. The Morgan fingerprint density at radius 3 is 2.22 bits per heavy atom. The molecule has 1 aromatic heterocycles. The van der Waals surface area contributed by atoms with E-state index in [0.29, 0.717) is 21.6 Å². The summed E-state index contributed by atoms with van der Waals surface area (Å²) in [5, 5.41) is 15.2. The minimum absolute atomic E-state index is 0.618. The summed E-state index contributed by atoms with van der Waals surface area (Å²) in [6.07, 6.45) is 0. The minimum atomic E-state index is 0.618. The molecular weight excluding hydrogens is 351 g/mol. The predicted octanol–water partition coefficient (Wildman–Crippen LogP) is 4.61. The van der Waals surface area contributed by atoms with E-state index in [4.69, 9.17) is 28.3 Å². The lowest BCUT2D eigenvalue weighted by molar-refractivity contribution is 0.762. The summed E-state index contributed by atoms with van der Waals surface area (Å²) in [5.41, 5.74) is 2.62. The Bertz CT molecular complexity index is 920. The van der Waals surface area contributed by atoms with Gasteiger partial charge in [-0.3, -0.25) is 0 Å². The number of fused-ring (bicyclic) bond motifs is 1. The third-order valence-corrected chi connectivity index (χ3v) is 5.06. The maximum Gasteiger partial charge on any atom is 0.212 e. The molecule has 0 radical (unpaired) electrons. The first-order valence-electron chi connectivity index (χ1n) is 6.90. The van der Waals surface area contributed by atoms with Crippen LogP contribution in [0.4, 0.5) is 0 Å². The average molecular weight is 361 g/mol. The van der Waals surface area contributed by atoms with Crippen molar-refractivity contribution in [3.05, 3.63) is 64.1 Å². The molecule has 2 aromatic carbocycles. The maximum atomic E-state index is 6.29. The van der Waals surface area contributed by atoms with Crippen LogP contribution in [0.5, 0.6) is 0 Å². The van der Waals surface area contributed by atoms with E-state index in [2.05, 4.69) is 10.2 Å². The third-order valence-electron chi connectivity index (χ3n) is 3.47. The summed E-state index contributed by atoms with van der Waals surface area (Å²) in [6.45, 7) is 0. The summed E-state index contributed by atoms with van der Waals surface area (Å²) in [4.78, 5) is 0. The van der Waals surface area contributed by atoms with Gasteiger partial charge < -0.3 is 0 Å². The Morgan fingerprint density at radius 2 is 1.52 bits per heavy atom. The SMILES string of the molecule is Clc1ccccc1C1=Nn2c(nnc2-c2ccccc2Cl)SC1. The van der Waals surface area contributed by atoms with E-state index in [0.717, 1.165) is 22.0 Å². The quantitative estimate of drug-likeness (QED) is 0.670. The second kappa shape index (κ2) is 6.00. The first-order chi connectivity index (χ1) is 11.2.